The fraction of sp³-hybridized carbons (Fsp3) is 1.00. The molecule has 0 atom stereocenters. The van der Waals surface area contributed by atoms with E-state index in [4.69, 9.17) is 40.8 Å². The average molecular weight is 258 g/mol. The zero-order valence-corrected chi connectivity index (χ0v) is 8.86. The Balaban J connectivity index is -0.0000000535. The van der Waals surface area contributed by atoms with Crippen molar-refractivity contribution in [2.75, 3.05) is 6.54 Å². The second kappa shape index (κ2) is 10.7. The zero-order chi connectivity index (χ0) is 11.7. The summed E-state index contributed by atoms with van der Waals surface area (Å²) < 4.78 is 63.2. The summed E-state index contributed by atoms with van der Waals surface area (Å²) in [4.78, 5) is 0. The van der Waals surface area contributed by atoms with Gasteiger partial charge in [-0.2, -0.15) is 16.8 Å². The van der Waals surface area contributed by atoms with E-state index in [1.807, 2.05) is 6.92 Å². The number of hydrogen-bond donors (Lipinski definition) is 6. The summed E-state index contributed by atoms with van der Waals surface area (Å²) in [6.07, 6.45) is 0. The Morgan fingerprint density at radius 1 is 0.929 bits per heavy atom. The normalized spacial score (nSPS) is 9.57. The van der Waals surface area contributed by atoms with Gasteiger partial charge < -0.3 is 11.9 Å². The average Bonchev–Trinajstić information content (AvgIpc) is 1.52. The Kier molecular flexibility index (Phi) is 18.0. The lowest BCUT2D eigenvalue weighted by atomic mass is 10.8. The lowest BCUT2D eigenvalue weighted by Gasteiger charge is -1.68. The lowest BCUT2D eigenvalue weighted by molar-refractivity contribution is 0.378. The summed E-state index contributed by atoms with van der Waals surface area (Å²) in [5, 5.41) is 0. The molecule has 0 spiro atoms. The van der Waals surface area contributed by atoms with Crippen LogP contribution in [0, 0.1) is 0 Å². The van der Waals surface area contributed by atoms with Crippen molar-refractivity contribution < 1.29 is 35.0 Å². The lowest BCUT2D eigenvalue weighted by Crippen LogP contribution is -1.89. The molecule has 9 N–H and O–H groups in total. The van der Waals surface area contributed by atoms with Gasteiger partial charge in [0, 0.05) is 0 Å². The topological polar surface area (TPSA) is 210 Å². The van der Waals surface area contributed by atoms with Crippen molar-refractivity contribution in [3.8, 4) is 0 Å². The third-order valence-corrected chi connectivity index (χ3v) is 0. The van der Waals surface area contributed by atoms with Crippen molar-refractivity contribution in [3.05, 3.63) is 0 Å². The number of rotatable bonds is 0. The quantitative estimate of drug-likeness (QED) is 0.286. The minimum Gasteiger partial charge on any atom is -0.344 e. The Morgan fingerprint density at radius 2 is 0.929 bits per heavy atom. The molecule has 0 aromatic heterocycles. The monoisotopic (exact) mass is 258 g/mol. The second-order valence-corrected chi connectivity index (χ2v) is 3.10. The van der Waals surface area contributed by atoms with Crippen LogP contribution in [-0.2, 0) is 20.8 Å². The molecule has 0 aromatic carbocycles. The van der Waals surface area contributed by atoms with Crippen LogP contribution < -0.4 is 11.9 Å². The van der Waals surface area contributed by atoms with E-state index in [0.29, 0.717) is 0 Å². The van der Waals surface area contributed by atoms with E-state index in [1.165, 1.54) is 0 Å². The van der Waals surface area contributed by atoms with Gasteiger partial charge in [0.1, 0.15) is 0 Å². The van der Waals surface area contributed by atoms with E-state index in [9.17, 15) is 0 Å². The molecule has 0 heterocycles. The summed E-state index contributed by atoms with van der Waals surface area (Å²) >= 11 is 0. The first-order valence-corrected chi connectivity index (χ1v) is 5.31. The van der Waals surface area contributed by atoms with E-state index in [2.05, 4.69) is 0 Å². The predicted molar refractivity (Wildman–Crippen MR) is 48.1 cm³/mol. The van der Waals surface area contributed by atoms with Gasteiger partial charge >= 0.3 is 20.8 Å². The third-order valence-electron chi connectivity index (χ3n) is 0. The van der Waals surface area contributed by atoms with Crippen LogP contribution in [0.15, 0.2) is 0 Å². The van der Waals surface area contributed by atoms with Crippen molar-refractivity contribution >= 4 is 20.8 Å². The van der Waals surface area contributed by atoms with E-state index >= 15 is 0 Å². The van der Waals surface area contributed by atoms with Gasteiger partial charge in [0.15, 0.2) is 0 Å². The Labute approximate surface area is 81.9 Å². The maximum atomic E-state index is 8.74. The molecule has 0 bridgehead atoms. The molecule has 92 valence electrons. The number of hydrogen-bond acceptors (Lipinski definition) is 6. The molecule has 0 aliphatic carbocycles. The molecule has 0 fully saturated rings. The van der Waals surface area contributed by atoms with Crippen molar-refractivity contribution in [3.63, 3.8) is 0 Å². The van der Waals surface area contributed by atoms with Crippen LogP contribution in [0.3, 0.4) is 0 Å². The summed E-state index contributed by atoms with van der Waals surface area (Å²) in [6.45, 7) is 2.65. The van der Waals surface area contributed by atoms with Gasteiger partial charge in [-0.05, 0) is 6.54 Å². The highest BCUT2D eigenvalue weighted by Gasteiger charge is 1.85. The van der Waals surface area contributed by atoms with Gasteiger partial charge in [-0.15, -0.1) is 0 Å². The zero-order valence-electron chi connectivity index (χ0n) is 7.23. The van der Waals surface area contributed by atoms with Gasteiger partial charge in [-0.1, -0.05) is 6.92 Å². The minimum absolute atomic E-state index is 0. The molecule has 0 aliphatic heterocycles. The highest BCUT2D eigenvalue weighted by molar-refractivity contribution is 7.80. The molecule has 0 rings (SSSR count). The predicted octanol–water partition coefficient (Wildman–Crippen LogP) is -1.18. The highest BCUT2D eigenvalue weighted by atomic mass is 32.3. The van der Waals surface area contributed by atoms with Crippen LogP contribution in [0.4, 0.5) is 0 Å². The van der Waals surface area contributed by atoms with E-state index in [1.54, 1.807) is 0 Å². The maximum Gasteiger partial charge on any atom is 0.394 e. The van der Waals surface area contributed by atoms with Crippen LogP contribution in [-0.4, -0.2) is 41.6 Å². The van der Waals surface area contributed by atoms with Gasteiger partial charge in [0.2, 0.25) is 0 Å². The molecule has 0 radical (unpaired) electrons. The van der Waals surface area contributed by atoms with E-state index in [0.717, 1.165) is 6.54 Å². The third kappa shape index (κ3) is 11500. The number of nitrogens with two attached hydrogens (primary N) is 1. The van der Waals surface area contributed by atoms with Gasteiger partial charge in [-0.25, -0.2) is 0 Å². The van der Waals surface area contributed by atoms with Crippen molar-refractivity contribution in [2.24, 2.45) is 5.73 Å². The molecule has 0 aliphatic rings. The fourth-order valence-electron chi connectivity index (χ4n) is 0. The second-order valence-electron chi connectivity index (χ2n) is 1.30. The van der Waals surface area contributed by atoms with Crippen LogP contribution in [0.25, 0.3) is 0 Å². The first-order valence-electron chi connectivity index (χ1n) is 2.51. The van der Waals surface area contributed by atoms with Gasteiger partial charge in [0.05, 0.1) is 0 Å². The van der Waals surface area contributed by atoms with Crippen molar-refractivity contribution in [1.82, 2.24) is 6.15 Å². The molecule has 10 nitrogen and oxygen atoms in total. The van der Waals surface area contributed by atoms with E-state index in [-0.39, 0.29) is 6.15 Å². The molecule has 12 heteroatoms. The summed E-state index contributed by atoms with van der Waals surface area (Å²) in [6, 6.07) is 0. The first kappa shape index (κ1) is 23.5. The Morgan fingerprint density at radius 3 is 0.929 bits per heavy atom. The molecule has 0 saturated carbocycles. The molecule has 0 amide bonds. The molecule has 0 aromatic rings. The van der Waals surface area contributed by atoms with Crippen LogP contribution >= 0.6 is 0 Å². The molecule has 0 saturated heterocycles. The summed E-state index contributed by atoms with van der Waals surface area (Å²) in [5.74, 6) is 0. The molecular weight excluding hydrogens is 244 g/mol. The largest absolute Gasteiger partial charge is 0.394 e. The standard InChI is InChI=1S/C2H7N.H3N.2H2O4S/c1-2-3;;2*1-5(2,3)4/h2-3H2,1H3;1H3;2*(H2,1,2,3,4). The summed E-state index contributed by atoms with van der Waals surface area (Å²) in [7, 11) is -9.33. The van der Waals surface area contributed by atoms with Crippen LogP contribution in [0.2, 0.25) is 0 Å². The van der Waals surface area contributed by atoms with E-state index < -0.39 is 20.8 Å². The first-order chi connectivity index (χ1) is 5.41. The SMILES string of the molecule is CCN.N.O=S(=O)(O)O.O=S(=O)(O)O. The van der Waals surface area contributed by atoms with Crippen molar-refractivity contribution in [1.29, 1.82) is 0 Å². The van der Waals surface area contributed by atoms with Crippen LogP contribution in [0.5, 0.6) is 0 Å². The van der Waals surface area contributed by atoms with Gasteiger partial charge in [-0.3, -0.25) is 18.2 Å². The molecule has 14 heavy (non-hydrogen) atoms. The Bertz CT molecular complexity index is 232. The smallest absolute Gasteiger partial charge is 0.344 e. The van der Waals surface area contributed by atoms with Gasteiger partial charge in [0.25, 0.3) is 0 Å². The molecular formula is C2H14N2O8S2. The summed E-state index contributed by atoms with van der Waals surface area (Å²) in [5.41, 5.74) is 4.85. The maximum absolute atomic E-state index is 8.74. The molecule has 0 unspecified atom stereocenters. The Hall–Kier alpha value is -0.340. The van der Waals surface area contributed by atoms with Crippen LogP contribution in [0.1, 0.15) is 6.92 Å². The fourth-order valence-corrected chi connectivity index (χ4v) is 0. The highest BCUT2D eigenvalue weighted by Crippen LogP contribution is 1.59. The minimum atomic E-state index is -4.67. The van der Waals surface area contributed by atoms with Crippen molar-refractivity contribution in [2.45, 2.75) is 6.92 Å².